The highest BCUT2D eigenvalue weighted by Gasteiger charge is 2.13. The minimum atomic E-state index is 0.408. The summed E-state index contributed by atoms with van der Waals surface area (Å²) in [5, 5.41) is 0. The minimum absolute atomic E-state index is 0.408. The average Bonchev–Trinajstić information content (AvgIpc) is 3.20. The second-order valence-corrected chi connectivity index (χ2v) is 9.93. The van der Waals surface area contributed by atoms with E-state index in [9.17, 15) is 0 Å². The molecule has 1 heterocycles. The number of imidazole rings is 1. The van der Waals surface area contributed by atoms with Crippen LogP contribution in [0.1, 0.15) is 74.9 Å². The number of aromatic nitrogens is 2. The summed E-state index contributed by atoms with van der Waals surface area (Å²) in [6, 6.07) is 23.3. The molecule has 4 rings (SSSR count). The van der Waals surface area contributed by atoms with Gasteiger partial charge in [0, 0.05) is 6.54 Å². The third kappa shape index (κ3) is 6.25. The molecule has 0 fully saturated rings. The highest BCUT2D eigenvalue weighted by molar-refractivity contribution is 5.75. The van der Waals surface area contributed by atoms with Gasteiger partial charge in [0.25, 0.3) is 0 Å². The number of aryl methyl sites for hydroxylation is 2. The van der Waals surface area contributed by atoms with Crippen LogP contribution in [0.3, 0.4) is 0 Å². The standard InChI is InChI=1S/C31H38N2O2/c1-22(2)25-13-15-26(16-14-25)34-19-9-8-18-33-29-11-7-6-10-28(29)32-31(33)21-35-30-20-24(5)12-17-27(30)23(3)4/h6-7,10-17,20,22-23H,8-9,18-19,21H2,1-5H3. The summed E-state index contributed by atoms with van der Waals surface area (Å²) in [7, 11) is 0. The van der Waals surface area contributed by atoms with Gasteiger partial charge in [0.15, 0.2) is 0 Å². The van der Waals surface area contributed by atoms with Crippen molar-refractivity contribution in [2.24, 2.45) is 0 Å². The number of rotatable bonds is 11. The Morgan fingerprint density at radius 2 is 1.60 bits per heavy atom. The lowest BCUT2D eigenvalue weighted by Crippen LogP contribution is -2.09. The summed E-state index contributed by atoms with van der Waals surface area (Å²) in [5.74, 6) is 3.81. The fourth-order valence-corrected chi connectivity index (χ4v) is 4.38. The number of hydrogen-bond acceptors (Lipinski definition) is 3. The summed E-state index contributed by atoms with van der Waals surface area (Å²) < 4.78 is 14.6. The van der Waals surface area contributed by atoms with Crippen molar-refractivity contribution in [3.8, 4) is 11.5 Å². The molecule has 0 atom stereocenters. The predicted octanol–water partition coefficient (Wildman–Crippen LogP) is 8.03. The summed E-state index contributed by atoms with van der Waals surface area (Å²) in [5.41, 5.74) is 5.95. The molecule has 1 aromatic heterocycles. The molecule has 0 unspecified atom stereocenters. The van der Waals surface area contributed by atoms with E-state index in [-0.39, 0.29) is 0 Å². The van der Waals surface area contributed by atoms with Crippen LogP contribution in [0.2, 0.25) is 0 Å². The second-order valence-electron chi connectivity index (χ2n) is 9.93. The van der Waals surface area contributed by atoms with Crippen molar-refractivity contribution in [3.63, 3.8) is 0 Å². The third-order valence-corrected chi connectivity index (χ3v) is 6.47. The highest BCUT2D eigenvalue weighted by atomic mass is 16.5. The molecule has 0 radical (unpaired) electrons. The van der Waals surface area contributed by atoms with Crippen LogP contribution < -0.4 is 9.47 Å². The van der Waals surface area contributed by atoms with E-state index >= 15 is 0 Å². The normalized spacial score (nSPS) is 11.5. The quantitative estimate of drug-likeness (QED) is 0.208. The maximum absolute atomic E-state index is 6.34. The molecule has 4 heteroatoms. The van der Waals surface area contributed by atoms with Crippen molar-refractivity contribution in [3.05, 3.63) is 89.2 Å². The molecular formula is C31H38N2O2. The fraction of sp³-hybridized carbons (Fsp3) is 0.387. The topological polar surface area (TPSA) is 36.3 Å². The first-order chi connectivity index (χ1) is 16.9. The van der Waals surface area contributed by atoms with Crippen LogP contribution in [0, 0.1) is 6.92 Å². The first-order valence-corrected chi connectivity index (χ1v) is 12.8. The summed E-state index contributed by atoms with van der Waals surface area (Å²) in [4.78, 5) is 4.90. The van der Waals surface area contributed by atoms with Crippen molar-refractivity contribution in [1.29, 1.82) is 0 Å². The Balaban J connectivity index is 1.39. The Morgan fingerprint density at radius 1 is 0.829 bits per heavy atom. The van der Waals surface area contributed by atoms with Gasteiger partial charge in [0.1, 0.15) is 23.9 Å². The zero-order valence-corrected chi connectivity index (χ0v) is 21.8. The monoisotopic (exact) mass is 470 g/mol. The number of unbranched alkanes of at least 4 members (excludes halogenated alkanes) is 1. The zero-order valence-electron chi connectivity index (χ0n) is 21.8. The maximum atomic E-state index is 6.34. The fourth-order valence-electron chi connectivity index (χ4n) is 4.38. The predicted molar refractivity (Wildman–Crippen MR) is 145 cm³/mol. The van der Waals surface area contributed by atoms with Crippen molar-refractivity contribution in [2.75, 3.05) is 6.61 Å². The van der Waals surface area contributed by atoms with Crippen LogP contribution in [0.5, 0.6) is 11.5 Å². The largest absolute Gasteiger partial charge is 0.494 e. The van der Waals surface area contributed by atoms with Gasteiger partial charge in [-0.25, -0.2) is 4.98 Å². The van der Waals surface area contributed by atoms with E-state index in [1.54, 1.807) is 0 Å². The number of nitrogens with zero attached hydrogens (tertiary/aromatic N) is 2. The van der Waals surface area contributed by atoms with E-state index in [1.165, 1.54) is 16.7 Å². The van der Waals surface area contributed by atoms with Gasteiger partial charge < -0.3 is 14.0 Å². The molecule has 0 N–H and O–H groups in total. The van der Waals surface area contributed by atoms with Gasteiger partial charge in [0.05, 0.1) is 17.6 Å². The molecule has 0 aliphatic rings. The SMILES string of the molecule is Cc1ccc(C(C)C)c(OCc2nc3ccccc3n2CCCCOc2ccc(C(C)C)cc2)c1. The molecule has 0 amide bonds. The van der Waals surface area contributed by atoms with Crippen LogP contribution in [-0.2, 0) is 13.2 Å². The van der Waals surface area contributed by atoms with E-state index in [0.717, 1.165) is 47.7 Å². The van der Waals surface area contributed by atoms with E-state index in [1.807, 2.05) is 6.07 Å². The van der Waals surface area contributed by atoms with Gasteiger partial charge in [-0.1, -0.05) is 64.1 Å². The molecule has 0 aliphatic heterocycles. The molecule has 184 valence electrons. The van der Waals surface area contributed by atoms with Crippen LogP contribution in [0.25, 0.3) is 11.0 Å². The van der Waals surface area contributed by atoms with E-state index in [0.29, 0.717) is 25.0 Å². The van der Waals surface area contributed by atoms with Crippen LogP contribution in [0.15, 0.2) is 66.7 Å². The molecule has 0 spiro atoms. The van der Waals surface area contributed by atoms with Crippen molar-refractivity contribution in [2.45, 2.75) is 72.4 Å². The number of hydrogen-bond donors (Lipinski definition) is 0. The number of fused-ring (bicyclic) bond motifs is 1. The minimum Gasteiger partial charge on any atom is -0.494 e. The lowest BCUT2D eigenvalue weighted by molar-refractivity contribution is 0.282. The molecule has 0 saturated heterocycles. The lowest BCUT2D eigenvalue weighted by Gasteiger charge is -2.16. The second kappa shape index (κ2) is 11.4. The Morgan fingerprint density at radius 3 is 2.34 bits per heavy atom. The number of ether oxygens (including phenoxy) is 2. The summed E-state index contributed by atoms with van der Waals surface area (Å²) >= 11 is 0. The van der Waals surface area contributed by atoms with E-state index in [4.69, 9.17) is 14.5 Å². The number of para-hydroxylation sites is 2. The van der Waals surface area contributed by atoms with Gasteiger partial charge in [-0.3, -0.25) is 0 Å². The van der Waals surface area contributed by atoms with Gasteiger partial charge in [-0.15, -0.1) is 0 Å². The Labute approximate surface area is 209 Å². The molecular weight excluding hydrogens is 432 g/mol. The van der Waals surface area contributed by atoms with Gasteiger partial charge in [-0.2, -0.15) is 0 Å². The Hall–Kier alpha value is -3.27. The maximum Gasteiger partial charge on any atom is 0.147 e. The van der Waals surface area contributed by atoms with Crippen molar-refractivity contribution >= 4 is 11.0 Å². The van der Waals surface area contributed by atoms with E-state index in [2.05, 4.69) is 99.8 Å². The summed E-state index contributed by atoms with van der Waals surface area (Å²) in [6.45, 7) is 13.0. The molecule has 4 aromatic rings. The molecule has 0 saturated carbocycles. The zero-order chi connectivity index (χ0) is 24.8. The van der Waals surface area contributed by atoms with Gasteiger partial charge >= 0.3 is 0 Å². The third-order valence-electron chi connectivity index (χ3n) is 6.47. The molecule has 0 aliphatic carbocycles. The Kier molecular flexibility index (Phi) is 8.12. The Bertz CT molecular complexity index is 1240. The molecule has 4 nitrogen and oxygen atoms in total. The molecule has 35 heavy (non-hydrogen) atoms. The first kappa shape index (κ1) is 24.8. The van der Waals surface area contributed by atoms with Crippen LogP contribution in [-0.4, -0.2) is 16.2 Å². The van der Waals surface area contributed by atoms with Gasteiger partial charge in [-0.05, 0) is 78.6 Å². The van der Waals surface area contributed by atoms with Crippen molar-refractivity contribution in [1.82, 2.24) is 9.55 Å². The van der Waals surface area contributed by atoms with Crippen LogP contribution >= 0.6 is 0 Å². The number of benzene rings is 3. The van der Waals surface area contributed by atoms with Gasteiger partial charge in [0.2, 0.25) is 0 Å². The summed E-state index contributed by atoms with van der Waals surface area (Å²) in [6.07, 6.45) is 1.99. The van der Waals surface area contributed by atoms with Crippen LogP contribution in [0.4, 0.5) is 0 Å². The highest BCUT2D eigenvalue weighted by Crippen LogP contribution is 2.29. The smallest absolute Gasteiger partial charge is 0.147 e. The average molecular weight is 471 g/mol. The van der Waals surface area contributed by atoms with Crippen molar-refractivity contribution < 1.29 is 9.47 Å². The molecule has 0 bridgehead atoms. The lowest BCUT2D eigenvalue weighted by atomic mass is 10.0. The first-order valence-electron chi connectivity index (χ1n) is 12.8. The molecule has 3 aromatic carbocycles. The van der Waals surface area contributed by atoms with E-state index < -0.39 is 0 Å².